The van der Waals surface area contributed by atoms with E-state index in [-0.39, 0.29) is 48.1 Å². The molecule has 0 radical (unpaired) electrons. The summed E-state index contributed by atoms with van der Waals surface area (Å²) in [6.45, 7) is 13.5. The van der Waals surface area contributed by atoms with Crippen LogP contribution in [0.2, 0.25) is 0 Å². The lowest BCUT2D eigenvalue weighted by Gasteiger charge is -2.59. The summed E-state index contributed by atoms with van der Waals surface area (Å²) in [4.78, 5) is 49.9. The zero-order valence-electron chi connectivity index (χ0n) is 20.6. The lowest BCUT2D eigenvalue weighted by Crippen LogP contribution is -2.58. The fraction of sp³-hybridized carbons (Fsp3) is 0.692. The predicted octanol–water partition coefficient (Wildman–Crippen LogP) is 3.68. The fourth-order valence-electron chi connectivity index (χ4n) is 6.06. The molecule has 0 amide bonds. The molecule has 4 fully saturated rings. The van der Waals surface area contributed by atoms with E-state index in [1.165, 1.54) is 0 Å². The molecule has 0 aliphatic heterocycles. The summed E-state index contributed by atoms with van der Waals surface area (Å²) < 4.78 is 21.6. The maximum atomic E-state index is 13.3. The van der Waals surface area contributed by atoms with Gasteiger partial charge in [-0.25, -0.2) is 9.59 Å². The Morgan fingerprint density at radius 1 is 0.765 bits per heavy atom. The maximum absolute atomic E-state index is 13.3. The molecule has 0 aromatic heterocycles. The Balaban J connectivity index is 1.64. The molecule has 34 heavy (non-hydrogen) atoms. The first-order valence-electron chi connectivity index (χ1n) is 11.9. The number of hydrogen-bond donors (Lipinski definition) is 0. The van der Waals surface area contributed by atoms with Gasteiger partial charge in [-0.1, -0.05) is 13.2 Å². The quantitative estimate of drug-likeness (QED) is 0.267. The third kappa shape index (κ3) is 5.53. The van der Waals surface area contributed by atoms with Gasteiger partial charge in [-0.15, -0.1) is 0 Å². The van der Waals surface area contributed by atoms with Gasteiger partial charge < -0.3 is 18.9 Å². The van der Waals surface area contributed by atoms with E-state index >= 15 is 0 Å². The molecular formula is C26H36O8. The first kappa shape index (κ1) is 26.0. The first-order valence-corrected chi connectivity index (χ1v) is 11.9. The van der Waals surface area contributed by atoms with Crippen LogP contribution in [0.4, 0.5) is 0 Å². The van der Waals surface area contributed by atoms with Gasteiger partial charge in [0, 0.05) is 11.1 Å². The zero-order chi connectivity index (χ0) is 25.3. The van der Waals surface area contributed by atoms with Gasteiger partial charge in [-0.05, 0) is 78.1 Å². The normalized spacial score (nSPS) is 30.6. The molecule has 8 nitrogen and oxygen atoms in total. The average Bonchev–Trinajstić information content (AvgIpc) is 2.74. The Hall–Kier alpha value is -2.64. The number of rotatable bonds is 10. The number of hydrogen-bond acceptors (Lipinski definition) is 8. The van der Waals surface area contributed by atoms with E-state index in [0.717, 1.165) is 6.42 Å². The van der Waals surface area contributed by atoms with Crippen molar-refractivity contribution >= 4 is 23.9 Å². The van der Waals surface area contributed by atoms with E-state index in [4.69, 9.17) is 18.9 Å². The molecule has 4 bridgehead atoms. The molecule has 188 valence electrons. The van der Waals surface area contributed by atoms with Crippen molar-refractivity contribution in [3.8, 4) is 0 Å². The zero-order valence-corrected chi connectivity index (χ0v) is 20.6. The van der Waals surface area contributed by atoms with Gasteiger partial charge >= 0.3 is 23.9 Å². The highest BCUT2D eigenvalue weighted by Crippen LogP contribution is 2.66. The van der Waals surface area contributed by atoms with Crippen LogP contribution in [0.15, 0.2) is 24.3 Å². The molecule has 0 heterocycles. The molecule has 0 aromatic carbocycles. The number of carbonyl (C=O) groups excluding carboxylic acids is 4. The van der Waals surface area contributed by atoms with E-state index in [1.54, 1.807) is 27.7 Å². The minimum Gasteiger partial charge on any atom is -0.459 e. The van der Waals surface area contributed by atoms with Crippen LogP contribution in [0.1, 0.15) is 66.2 Å². The summed E-state index contributed by atoms with van der Waals surface area (Å²) in [6, 6.07) is 0. The second-order valence-electron chi connectivity index (χ2n) is 10.7. The van der Waals surface area contributed by atoms with Crippen molar-refractivity contribution in [3.05, 3.63) is 24.3 Å². The van der Waals surface area contributed by atoms with E-state index in [1.807, 2.05) is 0 Å². The topological polar surface area (TPSA) is 105 Å². The van der Waals surface area contributed by atoms with Gasteiger partial charge in [-0.3, -0.25) is 9.59 Å². The van der Waals surface area contributed by atoms with Crippen molar-refractivity contribution in [1.82, 2.24) is 0 Å². The summed E-state index contributed by atoms with van der Waals surface area (Å²) in [6.07, 6.45) is 2.97. The second-order valence-corrected chi connectivity index (χ2v) is 10.7. The highest BCUT2D eigenvalue weighted by atomic mass is 16.6. The maximum Gasteiger partial charge on any atom is 0.333 e. The van der Waals surface area contributed by atoms with E-state index in [2.05, 4.69) is 13.2 Å². The summed E-state index contributed by atoms with van der Waals surface area (Å²) in [5.41, 5.74) is -0.899. The van der Waals surface area contributed by atoms with Gasteiger partial charge in [0.05, 0.1) is 10.8 Å². The summed E-state index contributed by atoms with van der Waals surface area (Å²) in [5, 5.41) is 0. The van der Waals surface area contributed by atoms with E-state index in [9.17, 15) is 19.2 Å². The highest BCUT2D eigenvalue weighted by molar-refractivity contribution is 5.87. The standard InChI is InChI=1S/C26H36O8/c1-15(2)21(27)31-12-17(5)33-23(29)25-8-19-7-20(9-25)11-26(10-19,14-25)24(30)34-18(6)13-32-22(28)16(3)4/h17-20H,1,3,7-14H2,2,4-6H3. The summed E-state index contributed by atoms with van der Waals surface area (Å²) in [5.74, 6) is -1.20. The third-order valence-corrected chi connectivity index (χ3v) is 7.14. The molecule has 0 spiro atoms. The Morgan fingerprint density at radius 3 is 1.44 bits per heavy atom. The van der Waals surface area contributed by atoms with Gasteiger partial charge in [0.25, 0.3) is 0 Å². The Kier molecular flexibility index (Phi) is 7.58. The van der Waals surface area contributed by atoms with Crippen LogP contribution >= 0.6 is 0 Å². The smallest absolute Gasteiger partial charge is 0.333 e. The molecule has 4 aliphatic rings. The molecule has 0 N–H and O–H groups in total. The van der Waals surface area contributed by atoms with Crippen molar-refractivity contribution in [2.45, 2.75) is 78.4 Å². The van der Waals surface area contributed by atoms with Crippen LogP contribution < -0.4 is 0 Å². The highest BCUT2D eigenvalue weighted by Gasteiger charge is 2.64. The molecule has 2 unspecified atom stereocenters. The monoisotopic (exact) mass is 476 g/mol. The van der Waals surface area contributed by atoms with Crippen LogP contribution in [0, 0.1) is 22.7 Å². The molecule has 2 atom stereocenters. The lowest BCUT2D eigenvalue weighted by molar-refractivity contribution is -0.201. The minimum atomic E-state index is -0.731. The van der Waals surface area contributed by atoms with Crippen LogP contribution in [-0.4, -0.2) is 49.3 Å². The van der Waals surface area contributed by atoms with Gasteiger partial charge in [0.2, 0.25) is 0 Å². The van der Waals surface area contributed by atoms with Crippen LogP contribution in [-0.2, 0) is 38.1 Å². The van der Waals surface area contributed by atoms with Gasteiger partial charge in [-0.2, -0.15) is 0 Å². The van der Waals surface area contributed by atoms with Gasteiger partial charge in [0.15, 0.2) is 0 Å². The van der Waals surface area contributed by atoms with Crippen LogP contribution in [0.3, 0.4) is 0 Å². The van der Waals surface area contributed by atoms with Crippen molar-refractivity contribution in [1.29, 1.82) is 0 Å². The number of esters is 4. The SMILES string of the molecule is C=C(C)C(=O)OCC(C)OC(=O)C12CC3CC(C1)CC(C(=O)OC(C)COC(=O)C(=C)C)(C3)C2. The number of ether oxygens (including phenoxy) is 4. The Labute approximate surface area is 201 Å². The average molecular weight is 477 g/mol. The van der Waals surface area contributed by atoms with Crippen molar-refractivity contribution < 1.29 is 38.1 Å². The second kappa shape index (κ2) is 9.92. The van der Waals surface area contributed by atoms with Crippen molar-refractivity contribution in [3.63, 3.8) is 0 Å². The molecule has 0 saturated heterocycles. The minimum absolute atomic E-state index is 0.0476. The largest absolute Gasteiger partial charge is 0.459 e. The summed E-state index contributed by atoms with van der Waals surface area (Å²) >= 11 is 0. The molecule has 0 aromatic rings. The molecule has 4 saturated carbocycles. The molecule has 4 rings (SSSR count). The van der Waals surface area contributed by atoms with Crippen LogP contribution in [0.5, 0.6) is 0 Å². The van der Waals surface area contributed by atoms with E-state index < -0.39 is 35.0 Å². The summed E-state index contributed by atoms with van der Waals surface area (Å²) in [7, 11) is 0. The first-order chi connectivity index (χ1) is 15.9. The Morgan fingerprint density at radius 2 is 1.12 bits per heavy atom. The fourth-order valence-corrected chi connectivity index (χ4v) is 6.06. The van der Waals surface area contributed by atoms with Crippen molar-refractivity contribution in [2.75, 3.05) is 13.2 Å². The van der Waals surface area contributed by atoms with Gasteiger partial charge in [0.1, 0.15) is 25.4 Å². The number of carbonyl (C=O) groups is 4. The predicted molar refractivity (Wildman–Crippen MR) is 122 cm³/mol. The van der Waals surface area contributed by atoms with Crippen LogP contribution in [0.25, 0.3) is 0 Å². The van der Waals surface area contributed by atoms with E-state index in [0.29, 0.717) is 32.1 Å². The lowest BCUT2D eigenvalue weighted by atomic mass is 9.44. The molecular weight excluding hydrogens is 440 g/mol. The molecule has 8 heteroatoms. The Bertz CT molecular complexity index is 805. The van der Waals surface area contributed by atoms with Crippen molar-refractivity contribution in [2.24, 2.45) is 22.7 Å². The third-order valence-electron chi connectivity index (χ3n) is 7.14. The molecule has 4 aliphatic carbocycles.